The molecule has 1 saturated heterocycles. The SMILES string of the molecule is Cc1ccc(C(=O)N2CCCN(c3nc4cc(Cl)ccc4c4nnc(C)n34)CC2)cc1[N+](=O)[O-]. The molecule has 1 fully saturated rings. The Morgan fingerprint density at radius 1 is 1.06 bits per heavy atom. The summed E-state index contributed by atoms with van der Waals surface area (Å²) in [7, 11) is 0. The molecule has 2 aromatic heterocycles. The van der Waals surface area contributed by atoms with Crippen molar-refractivity contribution in [2.24, 2.45) is 0 Å². The molecule has 4 aromatic rings. The molecule has 2 aromatic carbocycles. The summed E-state index contributed by atoms with van der Waals surface area (Å²) in [5.41, 5.74) is 2.23. The molecule has 0 unspecified atom stereocenters. The Kier molecular flexibility index (Phi) is 5.52. The Labute approximate surface area is 199 Å². The number of nitro benzene ring substituents is 1. The first-order valence-electron chi connectivity index (χ1n) is 10.9. The maximum absolute atomic E-state index is 13.1. The number of aryl methyl sites for hydroxylation is 2. The number of carbonyl (C=O) groups is 1. The van der Waals surface area contributed by atoms with E-state index in [1.165, 1.54) is 6.07 Å². The van der Waals surface area contributed by atoms with E-state index in [9.17, 15) is 14.9 Å². The van der Waals surface area contributed by atoms with Crippen molar-refractivity contribution in [3.8, 4) is 0 Å². The standard InChI is InChI=1S/C23H22ClN7O3/c1-14-4-5-16(12-20(14)31(33)34)22(32)28-8-3-9-29(11-10-28)23-25-19-13-17(24)6-7-18(19)21-27-26-15(2)30(21)23/h4-7,12-13H,3,8-11H2,1-2H3. The molecule has 0 spiro atoms. The molecule has 0 bridgehead atoms. The second-order valence-corrected chi connectivity index (χ2v) is 8.81. The highest BCUT2D eigenvalue weighted by molar-refractivity contribution is 6.31. The van der Waals surface area contributed by atoms with Gasteiger partial charge in [-0.15, -0.1) is 10.2 Å². The number of hydrogen-bond donors (Lipinski definition) is 0. The van der Waals surface area contributed by atoms with Gasteiger partial charge in [0.25, 0.3) is 11.6 Å². The van der Waals surface area contributed by atoms with E-state index in [4.69, 9.17) is 16.6 Å². The molecular weight excluding hydrogens is 458 g/mol. The van der Waals surface area contributed by atoms with Crippen molar-refractivity contribution in [1.29, 1.82) is 0 Å². The zero-order valence-corrected chi connectivity index (χ0v) is 19.5. The Balaban J connectivity index is 1.45. The second kappa shape index (κ2) is 8.53. The first-order chi connectivity index (χ1) is 16.3. The lowest BCUT2D eigenvalue weighted by Crippen LogP contribution is -2.36. The van der Waals surface area contributed by atoms with E-state index in [1.807, 2.05) is 23.5 Å². The number of halogens is 1. The summed E-state index contributed by atoms with van der Waals surface area (Å²) in [6.07, 6.45) is 0.720. The van der Waals surface area contributed by atoms with Crippen LogP contribution in [0.15, 0.2) is 36.4 Å². The second-order valence-electron chi connectivity index (χ2n) is 8.37. The van der Waals surface area contributed by atoms with E-state index in [0.29, 0.717) is 53.9 Å². The molecule has 10 nitrogen and oxygen atoms in total. The third kappa shape index (κ3) is 3.79. The maximum Gasteiger partial charge on any atom is 0.273 e. The van der Waals surface area contributed by atoms with Crippen LogP contribution < -0.4 is 4.90 Å². The minimum atomic E-state index is -0.458. The Morgan fingerprint density at radius 3 is 2.68 bits per heavy atom. The fraction of sp³-hybridized carbons (Fsp3) is 0.304. The summed E-state index contributed by atoms with van der Waals surface area (Å²) in [5, 5.41) is 21.4. The van der Waals surface area contributed by atoms with Crippen LogP contribution in [0.25, 0.3) is 16.6 Å². The summed E-state index contributed by atoms with van der Waals surface area (Å²) in [4.78, 5) is 32.7. The molecule has 34 heavy (non-hydrogen) atoms. The van der Waals surface area contributed by atoms with Gasteiger partial charge in [0.1, 0.15) is 5.82 Å². The van der Waals surface area contributed by atoms with Crippen molar-refractivity contribution in [2.75, 3.05) is 31.1 Å². The highest BCUT2D eigenvalue weighted by Gasteiger charge is 2.25. The van der Waals surface area contributed by atoms with Crippen LogP contribution in [0.5, 0.6) is 0 Å². The largest absolute Gasteiger partial charge is 0.340 e. The average Bonchev–Trinajstić information content (AvgIpc) is 3.04. The molecule has 0 N–H and O–H groups in total. The maximum atomic E-state index is 13.1. The quantitative estimate of drug-likeness (QED) is 0.324. The molecule has 5 rings (SSSR count). The average molecular weight is 480 g/mol. The highest BCUT2D eigenvalue weighted by Crippen LogP contribution is 2.27. The van der Waals surface area contributed by atoms with E-state index in [1.54, 1.807) is 30.0 Å². The van der Waals surface area contributed by atoms with E-state index < -0.39 is 4.92 Å². The normalized spacial score (nSPS) is 14.6. The number of amides is 1. The van der Waals surface area contributed by atoms with Crippen LogP contribution in [0.1, 0.15) is 28.2 Å². The predicted molar refractivity (Wildman–Crippen MR) is 129 cm³/mol. The molecule has 0 aliphatic carbocycles. The lowest BCUT2D eigenvalue weighted by molar-refractivity contribution is -0.385. The fourth-order valence-electron chi connectivity index (χ4n) is 4.37. The molecular formula is C23H22ClN7O3. The number of nitrogens with zero attached hydrogens (tertiary/aromatic N) is 7. The van der Waals surface area contributed by atoms with Gasteiger partial charge < -0.3 is 9.80 Å². The number of nitro groups is 1. The zero-order chi connectivity index (χ0) is 24.0. The van der Waals surface area contributed by atoms with Crippen molar-refractivity contribution in [3.63, 3.8) is 0 Å². The minimum Gasteiger partial charge on any atom is -0.340 e. The minimum absolute atomic E-state index is 0.0493. The number of rotatable bonds is 3. The van der Waals surface area contributed by atoms with Crippen LogP contribution in [0, 0.1) is 24.0 Å². The summed E-state index contributed by atoms with van der Waals surface area (Å²) in [6, 6.07) is 10.1. The monoisotopic (exact) mass is 479 g/mol. The first-order valence-corrected chi connectivity index (χ1v) is 11.3. The number of aromatic nitrogens is 4. The van der Waals surface area contributed by atoms with Crippen molar-refractivity contribution < 1.29 is 9.72 Å². The molecule has 174 valence electrons. The van der Waals surface area contributed by atoms with Crippen molar-refractivity contribution in [3.05, 3.63) is 68.5 Å². The van der Waals surface area contributed by atoms with Crippen LogP contribution in [0.4, 0.5) is 11.6 Å². The van der Waals surface area contributed by atoms with Crippen LogP contribution >= 0.6 is 11.6 Å². The molecule has 1 aliphatic heterocycles. The third-order valence-corrected chi connectivity index (χ3v) is 6.40. The van der Waals surface area contributed by atoms with Gasteiger partial charge in [0.15, 0.2) is 5.65 Å². The highest BCUT2D eigenvalue weighted by atomic mass is 35.5. The van der Waals surface area contributed by atoms with Gasteiger partial charge in [-0.05, 0) is 44.5 Å². The number of fused-ring (bicyclic) bond motifs is 3. The lowest BCUT2D eigenvalue weighted by Gasteiger charge is -2.24. The molecule has 1 amide bonds. The van der Waals surface area contributed by atoms with Gasteiger partial charge >= 0.3 is 0 Å². The summed E-state index contributed by atoms with van der Waals surface area (Å²) in [6.45, 7) is 5.77. The van der Waals surface area contributed by atoms with Gasteiger partial charge in [0, 0.05) is 53.8 Å². The molecule has 1 aliphatic rings. The Bertz CT molecular complexity index is 1450. The number of benzene rings is 2. The van der Waals surface area contributed by atoms with Gasteiger partial charge in [0.2, 0.25) is 5.95 Å². The molecule has 3 heterocycles. The van der Waals surface area contributed by atoms with Gasteiger partial charge in [-0.2, -0.15) is 0 Å². The van der Waals surface area contributed by atoms with Gasteiger partial charge in [-0.3, -0.25) is 14.9 Å². The van der Waals surface area contributed by atoms with Crippen molar-refractivity contribution >= 4 is 45.7 Å². The number of carbonyl (C=O) groups excluding carboxylic acids is 1. The fourth-order valence-corrected chi connectivity index (χ4v) is 4.54. The summed E-state index contributed by atoms with van der Waals surface area (Å²) < 4.78 is 1.93. The first kappa shape index (κ1) is 22.0. The number of hydrogen-bond acceptors (Lipinski definition) is 7. The van der Waals surface area contributed by atoms with Crippen LogP contribution in [-0.4, -0.2) is 61.5 Å². The topological polar surface area (TPSA) is 110 Å². The lowest BCUT2D eigenvalue weighted by atomic mass is 10.1. The molecule has 0 saturated carbocycles. The van der Waals surface area contributed by atoms with Gasteiger partial charge in [-0.1, -0.05) is 17.7 Å². The molecule has 0 radical (unpaired) electrons. The summed E-state index contributed by atoms with van der Waals surface area (Å²) >= 11 is 6.21. The molecule has 11 heteroatoms. The van der Waals surface area contributed by atoms with E-state index >= 15 is 0 Å². The Morgan fingerprint density at radius 2 is 1.88 bits per heavy atom. The van der Waals surface area contributed by atoms with E-state index in [0.717, 1.165) is 23.1 Å². The third-order valence-electron chi connectivity index (χ3n) is 6.16. The smallest absolute Gasteiger partial charge is 0.273 e. The van der Waals surface area contributed by atoms with Crippen molar-refractivity contribution in [1.82, 2.24) is 24.5 Å². The van der Waals surface area contributed by atoms with Gasteiger partial charge in [0.05, 0.1) is 10.4 Å². The van der Waals surface area contributed by atoms with Crippen molar-refractivity contribution in [2.45, 2.75) is 20.3 Å². The van der Waals surface area contributed by atoms with Crippen LogP contribution in [0.3, 0.4) is 0 Å². The van der Waals surface area contributed by atoms with Gasteiger partial charge in [-0.25, -0.2) is 9.38 Å². The Hall–Kier alpha value is -3.79. The zero-order valence-electron chi connectivity index (χ0n) is 18.7. The van der Waals surface area contributed by atoms with Crippen LogP contribution in [-0.2, 0) is 0 Å². The van der Waals surface area contributed by atoms with E-state index in [-0.39, 0.29) is 11.6 Å². The van der Waals surface area contributed by atoms with Crippen LogP contribution in [0.2, 0.25) is 5.02 Å². The number of anilines is 1. The predicted octanol–water partition coefficient (Wildman–Crippen LogP) is 3.81. The summed E-state index contributed by atoms with van der Waals surface area (Å²) in [5.74, 6) is 1.21. The molecule has 0 atom stereocenters. The van der Waals surface area contributed by atoms with E-state index in [2.05, 4.69) is 15.1 Å².